The Hall–Kier alpha value is -2.61. The number of rotatable bonds is 6. The van der Waals surface area contributed by atoms with Crippen LogP contribution in [0.5, 0.6) is 0 Å². The number of esters is 2. The maximum Gasteiger partial charge on any atom is 0.331 e. The van der Waals surface area contributed by atoms with Gasteiger partial charge in [-0.15, -0.1) is 0 Å². The Bertz CT molecular complexity index is 644. The van der Waals surface area contributed by atoms with Crippen molar-refractivity contribution < 1.29 is 44.0 Å². The number of hydrogen-bond donors (Lipinski definition) is 3. The van der Waals surface area contributed by atoms with Crippen LogP contribution >= 0.6 is 0 Å². The molecule has 0 radical (unpaired) electrons. The molecule has 1 unspecified atom stereocenters. The second kappa shape index (κ2) is 15.3. The van der Waals surface area contributed by atoms with Crippen LogP contribution in [0.2, 0.25) is 0 Å². The molecule has 1 atom stereocenters. The predicted molar refractivity (Wildman–Crippen MR) is 115 cm³/mol. The molecule has 0 aromatic heterocycles. The molecule has 2 fully saturated rings. The van der Waals surface area contributed by atoms with Crippen LogP contribution in [-0.4, -0.2) is 143 Å². The van der Waals surface area contributed by atoms with E-state index in [0.29, 0.717) is 58.8 Å². The smallest absolute Gasteiger partial charge is 0.331 e. The minimum atomic E-state index is -0.910. The third-order valence-electron chi connectivity index (χ3n) is 5.59. The Labute approximate surface area is 192 Å². The lowest BCUT2D eigenvalue weighted by atomic mass is 10.1. The van der Waals surface area contributed by atoms with Crippen molar-refractivity contribution in [1.82, 2.24) is 19.6 Å². The molecule has 2 saturated heterocycles. The Morgan fingerprint density at radius 2 is 1.33 bits per heavy atom. The van der Waals surface area contributed by atoms with E-state index in [1.165, 1.54) is 0 Å². The number of hydrogen-bond acceptors (Lipinski definition) is 10. The number of carboxylic acids is 2. The average Bonchev–Trinajstić information content (AvgIpc) is 2.72. The highest BCUT2D eigenvalue weighted by atomic mass is 16.6. The summed E-state index contributed by atoms with van der Waals surface area (Å²) in [5.74, 6) is -2.95. The molecule has 188 valence electrons. The van der Waals surface area contributed by atoms with Crippen molar-refractivity contribution in [2.24, 2.45) is 0 Å². The number of aliphatic carboxylic acids is 2. The number of cyclic esters (lactones) is 2. The van der Waals surface area contributed by atoms with Crippen LogP contribution in [0.4, 0.5) is 0 Å². The number of carboxylic acid groups (broad SMARTS) is 3. The number of carbonyl (C=O) groups is 5. The highest BCUT2D eigenvalue weighted by molar-refractivity contribution is 5.91. The van der Waals surface area contributed by atoms with Crippen molar-refractivity contribution in [2.45, 2.75) is 25.8 Å². The normalized spacial score (nSPS) is 22.8. The van der Waals surface area contributed by atoms with E-state index < -0.39 is 29.9 Å². The second-order valence-corrected chi connectivity index (χ2v) is 7.76. The van der Waals surface area contributed by atoms with Crippen LogP contribution in [0.1, 0.15) is 19.8 Å². The fourth-order valence-electron chi connectivity index (χ4n) is 3.81. The van der Waals surface area contributed by atoms with Crippen molar-refractivity contribution in [3.05, 3.63) is 0 Å². The number of carbonyl (C=O) groups excluding carboxylic acids is 2. The molecule has 3 N–H and O–H groups in total. The zero-order chi connectivity index (χ0) is 24.8. The number of ether oxygens (including phenoxy) is 1. The quantitative estimate of drug-likeness (QED) is 0.227. The van der Waals surface area contributed by atoms with E-state index in [4.69, 9.17) is 14.6 Å². The molecule has 0 aromatic rings. The van der Waals surface area contributed by atoms with Crippen molar-refractivity contribution in [3.8, 4) is 0 Å². The van der Waals surface area contributed by atoms with Gasteiger partial charge in [0.15, 0.2) is 0 Å². The fourth-order valence-corrected chi connectivity index (χ4v) is 3.81. The van der Waals surface area contributed by atoms with Gasteiger partial charge in [0.1, 0.15) is 6.04 Å². The summed E-state index contributed by atoms with van der Waals surface area (Å²) >= 11 is 0. The summed E-state index contributed by atoms with van der Waals surface area (Å²) in [4.78, 5) is 62.3. The van der Waals surface area contributed by atoms with Gasteiger partial charge < -0.3 is 25.0 Å². The van der Waals surface area contributed by atoms with Crippen LogP contribution in [0.25, 0.3) is 0 Å². The molecular weight excluding hydrogens is 440 g/mol. The number of likely N-dealkylation sites (N-methyl/N-ethyl adjacent to an activating group) is 1. The van der Waals surface area contributed by atoms with E-state index in [-0.39, 0.29) is 26.0 Å². The maximum absolute atomic E-state index is 12.3. The molecule has 2 heterocycles. The summed E-state index contributed by atoms with van der Waals surface area (Å²) in [6, 6.07) is -0.587. The van der Waals surface area contributed by atoms with Gasteiger partial charge in [-0.1, -0.05) is 6.92 Å². The number of nitrogens with zero attached hydrogens (tertiary/aromatic N) is 4. The van der Waals surface area contributed by atoms with E-state index in [1.807, 2.05) is 21.6 Å². The van der Waals surface area contributed by atoms with Gasteiger partial charge in [0, 0.05) is 58.8 Å². The first-order chi connectivity index (χ1) is 15.7. The lowest BCUT2D eigenvalue weighted by molar-refractivity contribution is -0.169. The molecule has 2 rings (SSSR count). The third-order valence-corrected chi connectivity index (χ3v) is 5.59. The first-order valence-corrected chi connectivity index (χ1v) is 10.9. The molecule has 33 heavy (non-hydrogen) atoms. The molecule has 0 aliphatic carbocycles. The van der Waals surface area contributed by atoms with Crippen LogP contribution in [-0.2, 0) is 28.7 Å². The van der Waals surface area contributed by atoms with Crippen LogP contribution in [0, 0.1) is 0 Å². The van der Waals surface area contributed by atoms with Crippen molar-refractivity contribution in [1.29, 1.82) is 0 Å². The highest BCUT2D eigenvalue weighted by Gasteiger charge is 2.34. The van der Waals surface area contributed by atoms with Crippen molar-refractivity contribution in [2.75, 3.05) is 72.0 Å². The van der Waals surface area contributed by atoms with E-state index in [2.05, 4.69) is 4.90 Å². The molecule has 13 nitrogen and oxygen atoms in total. The first kappa shape index (κ1) is 28.4. The Kier molecular flexibility index (Phi) is 13.1. The summed E-state index contributed by atoms with van der Waals surface area (Å²) in [7, 11) is 0. The fraction of sp³-hybridized carbons (Fsp3) is 0.750. The second-order valence-electron chi connectivity index (χ2n) is 7.76. The highest BCUT2D eigenvalue weighted by Crippen LogP contribution is 2.16. The zero-order valence-corrected chi connectivity index (χ0v) is 18.9. The lowest BCUT2D eigenvalue weighted by Crippen LogP contribution is -2.53. The zero-order valence-electron chi connectivity index (χ0n) is 18.9. The van der Waals surface area contributed by atoms with Crippen molar-refractivity contribution in [3.63, 3.8) is 0 Å². The van der Waals surface area contributed by atoms with Gasteiger partial charge in [0.2, 0.25) is 0 Å². The summed E-state index contributed by atoms with van der Waals surface area (Å²) < 4.78 is 4.79. The largest absolute Gasteiger partial charge is 0.483 e. The Balaban J connectivity index is 0.00000172. The predicted octanol–water partition coefficient (Wildman–Crippen LogP) is -1.67. The monoisotopic (exact) mass is 474 g/mol. The van der Waals surface area contributed by atoms with E-state index in [9.17, 15) is 29.4 Å². The van der Waals surface area contributed by atoms with Gasteiger partial charge in [-0.3, -0.25) is 33.9 Å². The topological polar surface area (TPSA) is 168 Å². The molecule has 0 bridgehead atoms. The molecule has 2 aliphatic rings. The van der Waals surface area contributed by atoms with E-state index in [1.54, 1.807) is 0 Å². The SMILES string of the molecule is CCN1CCN(CC(=O)O)CCN(C2CCC(=O)OC2=O)CCN(CC(=O)O)CC1.O=CO. The maximum atomic E-state index is 12.3. The van der Waals surface area contributed by atoms with Gasteiger partial charge >= 0.3 is 23.9 Å². The average molecular weight is 475 g/mol. The summed E-state index contributed by atoms with van der Waals surface area (Å²) in [6.45, 7) is 6.57. The molecule has 0 aromatic carbocycles. The molecule has 0 amide bonds. The molecule has 0 saturated carbocycles. The standard InChI is InChI=1S/C19H32N4O7.CH2O2/c1-2-20-5-7-21(13-16(24)25)9-11-23(15-3-4-18(28)30-19(15)29)12-10-22(8-6-20)14-17(26)27;2-1-3/h15H,2-14H2,1H3,(H,24,25)(H,26,27);1H,(H,2,3). The van der Waals surface area contributed by atoms with Crippen LogP contribution < -0.4 is 0 Å². The van der Waals surface area contributed by atoms with Gasteiger partial charge in [-0.25, -0.2) is 4.79 Å². The van der Waals surface area contributed by atoms with E-state index in [0.717, 1.165) is 6.54 Å². The Morgan fingerprint density at radius 3 is 1.73 bits per heavy atom. The van der Waals surface area contributed by atoms with E-state index >= 15 is 0 Å². The summed E-state index contributed by atoms with van der Waals surface area (Å²) in [5.41, 5.74) is 0. The van der Waals surface area contributed by atoms with Crippen molar-refractivity contribution >= 4 is 30.3 Å². The molecule has 0 spiro atoms. The van der Waals surface area contributed by atoms with Crippen LogP contribution in [0.15, 0.2) is 0 Å². The Morgan fingerprint density at radius 1 is 0.909 bits per heavy atom. The summed E-state index contributed by atoms with van der Waals surface area (Å²) in [5, 5.41) is 25.4. The van der Waals surface area contributed by atoms with Gasteiger partial charge in [0.05, 0.1) is 13.1 Å². The van der Waals surface area contributed by atoms with Gasteiger partial charge in [-0.05, 0) is 13.0 Å². The molecule has 13 heteroatoms. The molecular formula is C20H34N4O9. The van der Waals surface area contributed by atoms with Crippen LogP contribution in [0.3, 0.4) is 0 Å². The minimum absolute atomic E-state index is 0.0931. The lowest BCUT2D eigenvalue weighted by Gasteiger charge is -2.36. The first-order valence-electron chi connectivity index (χ1n) is 10.9. The van der Waals surface area contributed by atoms with Gasteiger partial charge in [-0.2, -0.15) is 0 Å². The van der Waals surface area contributed by atoms with Gasteiger partial charge in [0.25, 0.3) is 6.47 Å². The third kappa shape index (κ3) is 11.2. The molecule has 2 aliphatic heterocycles. The summed E-state index contributed by atoms with van der Waals surface area (Å²) in [6.07, 6.45) is 0.495. The minimum Gasteiger partial charge on any atom is -0.483 e.